The Morgan fingerprint density at radius 3 is 2.48 bits per heavy atom. The predicted molar refractivity (Wildman–Crippen MR) is 107 cm³/mol. The van der Waals surface area contributed by atoms with Crippen LogP contribution in [0.5, 0.6) is 5.75 Å². The van der Waals surface area contributed by atoms with Crippen LogP contribution in [0.2, 0.25) is 0 Å². The van der Waals surface area contributed by atoms with Crippen molar-refractivity contribution in [2.45, 2.75) is 13.8 Å². The first-order valence-corrected chi connectivity index (χ1v) is 9.20. The van der Waals surface area contributed by atoms with Crippen LogP contribution in [0.25, 0.3) is 0 Å². The molecule has 0 saturated carbocycles. The Labute approximate surface area is 161 Å². The van der Waals surface area contributed by atoms with Gasteiger partial charge in [0.05, 0.1) is 0 Å². The Bertz CT molecular complexity index is 938. The Morgan fingerprint density at radius 2 is 1.81 bits per heavy atom. The van der Waals surface area contributed by atoms with Crippen LogP contribution in [0.4, 0.5) is 10.8 Å². The molecule has 1 aromatic heterocycles. The Hall–Kier alpha value is -3.19. The van der Waals surface area contributed by atoms with Crippen LogP contribution in [0, 0.1) is 13.8 Å². The highest BCUT2D eigenvalue weighted by atomic mass is 32.1. The van der Waals surface area contributed by atoms with Crippen molar-refractivity contribution in [3.05, 3.63) is 70.7 Å². The summed E-state index contributed by atoms with van der Waals surface area (Å²) in [6.07, 6.45) is 1.62. The summed E-state index contributed by atoms with van der Waals surface area (Å²) in [6, 6.07) is 12.3. The average molecular weight is 381 g/mol. The smallest absolute Gasteiger partial charge is 0.262 e. The Balaban J connectivity index is 1.52. The van der Waals surface area contributed by atoms with Crippen molar-refractivity contribution in [2.24, 2.45) is 0 Å². The Kier molecular flexibility index (Phi) is 5.83. The van der Waals surface area contributed by atoms with Gasteiger partial charge in [-0.25, -0.2) is 4.98 Å². The quantitative estimate of drug-likeness (QED) is 0.676. The number of nitrogens with zero attached hydrogens (tertiary/aromatic N) is 1. The van der Waals surface area contributed by atoms with Crippen molar-refractivity contribution in [1.82, 2.24) is 4.98 Å². The molecule has 3 rings (SSSR count). The number of aryl methyl sites for hydroxylation is 2. The number of anilines is 2. The minimum atomic E-state index is -0.270. The maximum absolute atomic E-state index is 12.1. The number of nitrogens with one attached hydrogen (secondary N) is 2. The lowest BCUT2D eigenvalue weighted by Crippen LogP contribution is -2.20. The lowest BCUT2D eigenvalue weighted by Gasteiger charge is -2.09. The fourth-order valence-corrected chi connectivity index (χ4v) is 2.83. The molecule has 2 amide bonds. The molecule has 0 atom stereocenters. The summed E-state index contributed by atoms with van der Waals surface area (Å²) in [6.45, 7) is 3.93. The number of carbonyl (C=O) groups is 2. The average Bonchev–Trinajstić information content (AvgIpc) is 3.16. The second-order valence-corrected chi connectivity index (χ2v) is 6.85. The van der Waals surface area contributed by atoms with Crippen molar-refractivity contribution in [3.8, 4) is 5.75 Å². The van der Waals surface area contributed by atoms with Crippen LogP contribution < -0.4 is 15.4 Å². The molecule has 0 aliphatic carbocycles. The second kappa shape index (κ2) is 8.46. The summed E-state index contributed by atoms with van der Waals surface area (Å²) in [5.41, 5.74) is 3.36. The van der Waals surface area contributed by atoms with E-state index in [0.717, 1.165) is 5.56 Å². The van der Waals surface area contributed by atoms with E-state index >= 15 is 0 Å². The monoisotopic (exact) mass is 381 g/mol. The summed E-state index contributed by atoms with van der Waals surface area (Å²) < 4.78 is 5.51. The van der Waals surface area contributed by atoms with Gasteiger partial charge in [-0.1, -0.05) is 6.07 Å². The van der Waals surface area contributed by atoms with Crippen molar-refractivity contribution in [3.63, 3.8) is 0 Å². The van der Waals surface area contributed by atoms with Gasteiger partial charge in [0.1, 0.15) is 5.75 Å². The largest absolute Gasteiger partial charge is 0.484 e. The molecule has 1 heterocycles. The summed E-state index contributed by atoms with van der Waals surface area (Å²) >= 11 is 1.35. The summed E-state index contributed by atoms with van der Waals surface area (Å²) in [4.78, 5) is 28.2. The number of rotatable bonds is 6. The van der Waals surface area contributed by atoms with Gasteiger partial charge in [-0.15, -0.1) is 11.3 Å². The molecule has 0 aliphatic rings. The van der Waals surface area contributed by atoms with Gasteiger partial charge in [0, 0.05) is 22.8 Å². The molecule has 138 valence electrons. The number of hydrogen-bond donors (Lipinski definition) is 2. The minimum Gasteiger partial charge on any atom is -0.484 e. The second-order valence-electron chi connectivity index (χ2n) is 5.95. The fraction of sp³-hybridized carbons (Fsp3) is 0.150. The third-order valence-electron chi connectivity index (χ3n) is 3.93. The zero-order valence-corrected chi connectivity index (χ0v) is 15.8. The van der Waals surface area contributed by atoms with Gasteiger partial charge < -0.3 is 10.1 Å². The van der Waals surface area contributed by atoms with Crippen LogP contribution in [-0.4, -0.2) is 23.4 Å². The molecule has 0 saturated heterocycles. The molecule has 27 heavy (non-hydrogen) atoms. The molecular formula is C20H19N3O3S. The van der Waals surface area contributed by atoms with E-state index in [1.54, 1.807) is 35.8 Å². The van der Waals surface area contributed by atoms with Gasteiger partial charge in [-0.3, -0.25) is 14.9 Å². The van der Waals surface area contributed by atoms with Crippen LogP contribution in [0.1, 0.15) is 21.5 Å². The van der Waals surface area contributed by atoms with Gasteiger partial charge in [-0.2, -0.15) is 0 Å². The Morgan fingerprint density at radius 1 is 1.04 bits per heavy atom. The highest BCUT2D eigenvalue weighted by molar-refractivity contribution is 7.13. The number of hydrogen-bond acceptors (Lipinski definition) is 5. The SMILES string of the molecule is Cc1ccc(OCC(=O)Nc2ccc(C(=O)Nc3nccs3)cc2)cc1C. The molecule has 0 bridgehead atoms. The molecular weight excluding hydrogens is 362 g/mol. The summed E-state index contributed by atoms with van der Waals surface area (Å²) in [5.74, 6) is 0.136. The molecule has 3 aromatic rings. The van der Waals surface area contributed by atoms with Crippen molar-refractivity contribution in [1.29, 1.82) is 0 Å². The van der Waals surface area contributed by atoms with Crippen LogP contribution in [0.3, 0.4) is 0 Å². The van der Waals surface area contributed by atoms with Crippen LogP contribution in [0.15, 0.2) is 54.0 Å². The van der Waals surface area contributed by atoms with E-state index in [2.05, 4.69) is 15.6 Å². The molecule has 7 heteroatoms. The summed E-state index contributed by atoms with van der Waals surface area (Å²) in [5, 5.41) is 7.78. The zero-order valence-electron chi connectivity index (χ0n) is 15.0. The van der Waals surface area contributed by atoms with Crippen LogP contribution >= 0.6 is 11.3 Å². The van der Waals surface area contributed by atoms with Gasteiger partial charge in [0.15, 0.2) is 11.7 Å². The van der Waals surface area contributed by atoms with E-state index in [4.69, 9.17) is 4.74 Å². The molecule has 2 N–H and O–H groups in total. The topological polar surface area (TPSA) is 80.3 Å². The molecule has 2 aromatic carbocycles. The van der Waals surface area contributed by atoms with Gasteiger partial charge in [0.25, 0.3) is 11.8 Å². The lowest BCUT2D eigenvalue weighted by atomic mass is 10.1. The molecule has 0 fully saturated rings. The number of aromatic nitrogens is 1. The van der Waals surface area contributed by atoms with E-state index < -0.39 is 0 Å². The molecule has 6 nitrogen and oxygen atoms in total. The maximum atomic E-state index is 12.1. The van der Waals surface area contributed by atoms with Gasteiger partial charge in [0.2, 0.25) is 0 Å². The summed E-state index contributed by atoms with van der Waals surface area (Å²) in [7, 11) is 0. The number of carbonyl (C=O) groups excluding carboxylic acids is 2. The molecule has 0 spiro atoms. The van der Waals surface area contributed by atoms with Gasteiger partial charge in [-0.05, 0) is 61.4 Å². The third-order valence-corrected chi connectivity index (χ3v) is 4.62. The number of amides is 2. The molecule has 0 unspecified atom stereocenters. The van der Waals surface area contributed by atoms with E-state index in [1.165, 1.54) is 16.9 Å². The first kappa shape index (κ1) is 18.6. The first-order chi connectivity index (χ1) is 13.0. The number of thiazole rings is 1. The molecule has 0 radical (unpaired) electrons. The third kappa shape index (κ3) is 5.15. The first-order valence-electron chi connectivity index (χ1n) is 8.32. The van der Waals surface area contributed by atoms with E-state index in [9.17, 15) is 9.59 Å². The highest BCUT2D eigenvalue weighted by Gasteiger charge is 2.09. The molecule has 0 aliphatic heterocycles. The number of benzene rings is 2. The fourth-order valence-electron chi connectivity index (χ4n) is 2.31. The van der Waals surface area contributed by atoms with Crippen molar-refractivity contribution < 1.29 is 14.3 Å². The zero-order chi connectivity index (χ0) is 19.2. The maximum Gasteiger partial charge on any atom is 0.262 e. The highest BCUT2D eigenvalue weighted by Crippen LogP contribution is 2.17. The minimum absolute atomic E-state index is 0.0885. The van der Waals surface area contributed by atoms with E-state index in [-0.39, 0.29) is 18.4 Å². The van der Waals surface area contributed by atoms with E-state index in [0.29, 0.717) is 22.1 Å². The lowest BCUT2D eigenvalue weighted by molar-refractivity contribution is -0.118. The standard InChI is InChI=1S/C20H19N3O3S/c1-13-3-8-17(11-14(13)2)26-12-18(24)22-16-6-4-15(5-7-16)19(25)23-20-21-9-10-27-20/h3-11H,12H2,1-2H3,(H,22,24)(H,21,23,25). The van der Waals surface area contributed by atoms with E-state index in [1.807, 2.05) is 32.0 Å². The predicted octanol–water partition coefficient (Wildman–Crippen LogP) is 4.03. The van der Waals surface area contributed by atoms with Crippen LogP contribution in [-0.2, 0) is 4.79 Å². The van der Waals surface area contributed by atoms with Crippen molar-refractivity contribution >= 4 is 34.0 Å². The van der Waals surface area contributed by atoms with Crippen molar-refractivity contribution in [2.75, 3.05) is 17.2 Å². The number of ether oxygens (including phenoxy) is 1. The van der Waals surface area contributed by atoms with Gasteiger partial charge >= 0.3 is 0 Å². The normalized spacial score (nSPS) is 10.3.